The van der Waals surface area contributed by atoms with E-state index in [-0.39, 0.29) is 11.8 Å². The largest absolute Gasteiger partial charge is 0.312 e. The SMILES string of the molecule is C=CC1CC(=O)N(c2ccc3nn(C)cc3c2)C1. The van der Waals surface area contributed by atoms with Gasteiger partial charge in [-0.25, -0.2) is 0 Å². The second-order valence-corrected chi connectivity index (χ2v) is 4.75. The number of hydrogen-bond acceptors (Lipinski definition) is 2. The lowest BCUT2D eigenvalue weighted by molar-refractivity contribution is -0.117. The van der Waals surface area contributed by atoms with Gasteiger partial charge < -0.3 is 4.90 Å². The number of rotatable bonds is 2. The Morgan fingerprint density at radius 1 is 1.50 bits per heavy atom. The summed E-state index contributed by atoms with van der Waals surface area (Å²) in [5, 5.41) is 5.39. The van der Waals surface area contributed by atoms with Gasteiger partial charge in [0.2, 0.25) is 5.91 Å². The smallest absolute Gasteiger partial charge is 0.227 e. The van der Waals surface area contributed by atoms with Crippen LogP contribution in [0.1, 0.15) is 6.42 Å². The van der Waals surface area contributed by atoms with Gasteiger partial charge in [0.15, 0.2) is 0 Å². The van der Waals surface area contributed by atoms with Gasteiger partial charge in [0.05, 0.1) is 5.52 Å². The molecule has 1 aliphatic heterocycles. The number of hydrogen-bond donors (Lipinski definition) is 0. The summed E-state index contributed by atoms with van der Waals surface area (Å²) >= 11 is 0. The zero-order valence-corrected chi connectivity index (χ0v) is 10.3. The highest BCUT2D eigenvalue weighted by Gasteiger charge is 2.28. The van der Waals surface area contributed by atoms with Crippen LogP contribution in [0.5, 0.6) is 0 Å². The number of aryl methyl sites for hydroxylation is 1. The van der Waals surface area contributed by atoms with Crippen LogP contribution in [0.15, 0.2) is 37.1 Å². The molecule has 2 heterocycles. The molecule has 0 saturated carbocycles. The lowest BCUT2D eigenvalue weighted by Gasteiger charge is -2.16. The first kappa shape index (κ1) is 11.0. The fourth-order valence-corrected chi connectivity index (χ4v) is 2.45. The van der Waals surface area contributed by atoms with E-state index in [1.54, 1.807) is 4.68 Å². The van der Waals surface area contributed by atoms with Gasteiger partial charge in [-0.2, -0.15) is 5.10 Å². The predicted molar refractivity (Wildman–Crippen MR) is 71.4 cm³/mol. The molecular formula is C14H15N3O. The van der Waals surface area contributed by atoms with Crippen LogP contribution >= 0.6 is 0 Å². The van der Waals surface area contributed by atoms with Crippen LogP contribution in [-0.4, -0.2) is 22.2 Å². The van der Waals surface area contributed by atoms with Crippen LogP contribution in [0.25, 0.3) is 10.9 Å². The number of aromatic nitrogens is 2. The lowest BCUT2D eigenvalue weighted by atomic mass is 10.1. The van der Waals surface area contributed by atoms with Crippen LogP contribution in [0.3, 0.4) is 0 Å². The highest BCUT2D eigenvalue weighted by atomic mass is 16.2. The molecule has 1 aromatic heterocycles. The van der Waals surface area contributed by atoms with Crippen LogP contribution in [0, 0.1) is 5.92 Å². The molecule has 1 amide bonds. The van der Waals surface area contributed by atoms with Crippen molar-refractivity contribution in [3.8, 4) is 0 Å². The minimum absolute atomic E-state index is 0.170. The van der Waals surface area contributed by atoms with Gasteiger partial charge >= 0.3 is 0 Å². The van der Waals surface area contributed by atoms with Crippen molar-refractivity contribution in [2.75, 3.05) is 11.4 Å². The molecule has 1 unspecified atom stereocenters. The average molecular weight is 241 g/mol. The second-order valence-electron chi connectivity index (χ2n) is 4.75. The Labute approximate surface area is 106 Å². The summed E-state index contributed by atoms with van der Waals surface area (Å²) in [6, 6.07) is 5.93. The fourth-order valence-electron chi connectivity index (χ4n) is 2.45. The number of carbonyl (C=O) groups is 1. The van der Waals surface area contributed by atoms with E-state index in [0.29, 0.717) is 6.42 Å². The molecule has 0 spiro atoms. The third kappa shape index (κ3) is 1.70. The third-order valence-corrected chi connectivity index (χ3v) is 3.40. The van der Waals surface area contributed by atoms with Gasteiger partial charge in [-0.1, -0.05) is 6.08 Å². The van der Waals surface area contributed by atoms with Gasteiger partial charge in [0.25, 0.3) is 0 Å². The van der Waals surface area contributed by atoms with E-state index in [0.717, 1.165) is 23.1 Å². The minimum Gasteiger partial charge on any atom is -0.312 e. The van der Waals surface area contributed by atoms with Crippen molar-refractivity contribution in [1.29, 1.82) is 0 Å². The first-order chi connectivity index (χ1) is 8.67. The molecule has 1 aliphatic rings. The second kappa shape index (κ2) is 3.98. The lowest BCUT2D eigenvalue weighted by Crippen LogP contribution is -2.24. The minimum atomic E-state index is 0.170. The summed E-state index contributed by atoms with van der Waals surface area (Å²) in [6.07, 6.45) is 4.39. The number of nitrogens with zero attached hydrogens (tertiary/aromatic N) is 3. The average Bonchev–Trinajstić information content (AvgIpc) is 2.89. The molecule has 18 heavy (non-hydrogen) atoms. The maximum Gasteiger partial charge on any atom is 0.227 e. The molecule has 3 rings (SSSR count). The summed E-state index contributed by atoms with van der Waals surface area (Å²) in [7, 11) is 1.90. The Bertz CT molecular complexity index is 629. The van der Waals surface area contributed by atoms with E-state index >= 15 is 0 Å². The first-order valence-corrected chi connectivity index (χ1v) is 6.03. The van der Waals surface area contributed by atoms with Crippen molar-refractivity contribution in [2.45, 2.75) is 6.42 Å². The zero-order chi connectivity index (χ0) is 12.7. The van der Waals surface area contributed by atoms with Crippen LogP contribution in [0.2, 0.25) is 0 Å². The molecule has 1 aromatic carbocycles. The quantitative estimate of drug-likeness (QED) is 0.755. The highest BCUT2D eigenvalue weighted by Crippen LogP contribution is 2.27. The number of benzene rings is 1. The molecule has 92 valence electrons. The van der Waals surface area contributed by atoms with Gasteiger partial charge in [-0.3, -0.25) is 9.48 Å². The first-order valence-electron chi connectivity index (χ1n) is 6.03. The van der Waals surface area contributed by atoms with E-state index in [9.17, 15) is 4.79 Å². The summed E-state index contributed by atoms with van der Waals surface area (Å²) in [6.45, 7) is 4.50. The predicted octanol–water partition coefficient (Wildman–Crippen LogP) is 2.11. The molecule has 0 aliphatic carbocycles. The number of carbonyl (C=O) groups excluding carboxylic acids is 1. The third-order valence-electron chi connectivity index (χ3n) is 3.40. The molecule has 1 atom stereocenters. The maximum atomic E-state index is 11.9. The monoisotopic (exact) mass is 241 g/mol. The Kier molecular flexibility index (Phi) is 2.44. The van der Waals surface area contributed by atoms with E-state index in [1.165, 1.54) is 0 Å². The van der Waals surface area contributed by atoms with E-state index in [2.05, 4.69) is 11.7 Å². The molecule has 4 heteroatoms. The Morgan fingerprint density at radius 2 is 2.33 bits per heavy atom. The number of anilines is 1. The highest BCUT2D eigenvalue weighted by molar-refractivity contribution is 5.97. The molecule has 4 nitrogen and oxygen atoms in total. The van der Waals surface area contributed by atoms with Crippen molar-refractivity contribution >= 4 is 22.5 Å². The maximum absolute atomic E-state index is 11.9. The van der Waals surface area contributed by atoms with Crippen molar-refractivity contribution in [3.05, 3.63) is 37.1 Å². The van der Waals surface area contributed by atoms with E-state index in [4.69, 9.17) is 0 Å². The summed E-state index contributed by atoms with van der Waals surface area (Å²) in [5.74, 6) is 0.435. The summed E-state index contributed by atoms with van der Waals surface area (Å²) in [5.41, 5.74) is 1.90. The van der Waals surface area contributed by atoms with Crippen LogP contribution < -0.4 is 4.90 Å². The summed E-state index contributed by atoms with van der Waals surface area (Å²) in [4.78, 5) is 13.8. The van der Waals surface area contributed by atoms with Crippen LogP contribution in [-0.2, 0) is 11.8 Å². The Morgan fingerprint density at radius 3 is 3.06 bits per heavy atom. The normalized spacial score (nSPS) is 19.7. The van der Waals surface area contributed by atoms with Crippen molar-refractivity contribution in [3.63, 3.8) is 0 Å². The van der Waals surface area contributed by atoms with Crippen molar-refractivity contribution in [1.82, 2.24) is 9.78 Å². The van der Waals surface area contributed by atoms with E-state index in [1.807, 2.05) is 42.4 Å². The molecule has 2 aromatic rings. The fraction of sp³-hybridized carbons (Fsp3) is 0.286. The van der Waals surface area contributed by atoms with Gasteiger partial charge in [0, 0.05) is 43.2 Å². The zero-order valence-electron chi connectivity index (χ0n) is 10.3. The molecular weight excluding hydrogens is 226 g/mol. The van der Waals surface area contributed by atoms with Gasteiger partial charge in [0.1, 0.15) is 0 Å². The Hall–Kier alpha value is -2.10. The van der Waals surface area contributed by atoms with Gasteiger partial charge in [-0.15, -0.1) is 6.58 Å². The molecule has 0 bridgehead atoms. The molecule has 1 saturated heterocycles. The Balaban J connectivity index is 1.99. The summed E-state index contributed by atoms with van der Waals surface area (Å²) < 4.78 is 1.78. The van der Waals surface area contributed by atoms with E-state index < -0.39 is 0 Å². The van der Waals surface area contributed by atoms with Crippen molar-refractivity contribution < 1.29 is 4.79 Å². The molecule has 1 fully saturated rings. The topological polar surface area (TPSA) is 38.1 Å². The number of fused-ring (bicyclic) bond motifs is 1. The number of amides is 1. The van der Waals surface area contributed by atoms with Gasteiger partial charge in [-0.05, 0) is 18.2 Å². The molecule has 0 radical (unpaired) electrons. The van der Waals surface area contributed by atoms with Crippen molar-refractivity contribution in [2.24, 2.45) is 13.0 Å². The molecule has 0 N–H and O–H groups in total. The standard InChI is InChI=1S/C14H15N3O/c1-3-10-6-14(18)17(8-10)12-4-5-13-11(7-12)9-16(2)15-13/h3-5,7,9-10H,1,6,8H2,2H3. The van der Waals surface area contributed by atoms with Crippen LogP contribution in [0.4, 0.5) is 5.69 Å².